The molecule has 0 fully saturated rings. The molecule has 0 spiro atoms. The molecule has 0 bridgehead atoms. The van der Waals surface area contributed by atoms with Gasteiger partial charge in [-0.3, -0.25) is 0 Å². The second kappa shape index (κ2) is 4.32. The summed E-state index contributed by atoms with van der Waals surface area (Å²) in [6, 6.07) is 0. The number of hydrogen-bond acceptors (Lipinski definition) is 1. The van der Waals surface area contributed by atoms with Gasteiger partial charge in [0.15, 0.2) is 5.96 Å². The summed E-state index contributed by atoms with van der Waals surface area (Å²) in [7, 11) is 0. The second-order valence-corrected chi connectivity index (χ2v) is 1.93. The fourth-order valence-corrected chi connectivity index (χ4v) is 0.398. The lowest BCUT2D eigenvalue weighted by atomic mass is 10.4. The summed E-state index contributed by atoms with van der Waals surface area (Å²) in [5.74, 6) is -0.0630. The normalized spacial score (nSPS) is 10.8. The van der Waals surface area contributed by atoms with E-state index in [0.717, 1.165) is 6.42 Å². The minimum absolute atomic E-state index is 0.0388. The third-order valence-electron chi connectivity index (χ3n) is 0.924. The van der Waals surface area contributed by atoms with Crippen LogP contribution in [0.1, 0.15) is 13.3 Å². The minimum Gasteiger partial charge on any atom is -0.370 e. The molecular weight excluding hydrogens is 142 g/mol. The van der Waals surface area contributed by atoms with Gasteiger partial charge in [0.05, 0.1) is 0 Å². The van der Waals surface area contributed by atoms with Gasteiger partial charge in [0.1, 0.15) is 0 Å². The zero-order valence-electron chi connectivity index (χ0n) is 6.54. The van der Waals surface area contributed by atoms with Gasteiger partial charge in [0.25, 0.3) is 0 Å². The zero-order valence-corrected chi connectivity index (χ0v) is 6.54. The lowest BCUT2D eigenvalue weighted by Crippen LogP contribution is -2.26. The summed E-state index contributed by atoms with van der Waals surface area (Å²) in [6.45, 7) is 5.51. The van der Waals surface area contributed by atoms with Crippen molar-refractivity contribution in [1.29, 1.82) is 0 Å². The van der Waals surface area contributed by atoms with E-state index < -0.39 is 0 Å². The van der Waals surface area contributed by atoms with E-state index in [2.05, 4.69) is 16.6 Å². The van der Waals surface area contributed by atoms with Crippen LogP contribution in [0.4, 0.5) is 0 Å². The summed E-state index contributed by atoms with van der Waals surface area (Å²) >= 11 is 0. The first-order valence-corrected chi connectivity index (χ1v) is 3.17. The SMILES string of the molecule is C=C(CC)N=C(N)N=C(N)N. The third kappa shape index (κ3) is 4.95. The van der Waals surface area contributed by atoms with Crippen molar-refractivity contribution in [1.82, 2.24) is 0 Å². The number of rotatable bonds is 2. The minimum atomic E-state index is -0.102. The van der Waals surface area contributed by atoms with Gasteiger partial charge >= 0.3 is 0 Å². The molecule has 0 saturated carbocycles. The summed E-state index contributed by atoms with van der Waals surface area (Å²) in [5, 5.41) is 0. The maximum atomic E-state index is 5.29. The van der Waals surface area contributed by atoms with Gasteiger partial charge in [-0.15, -0.1) is 0 Å². The molecule has 0 heterocycles. The first kappa shape index (κ1) is 9.48. The van der Waals surface area contributed by atoms with E-state index in [9.17, 15) is 0 Å². The molecule has 0 aliphatic heterocycles. The van der Waals surface area contributed by atoms with E-state index >= 15 is 0 Å². The van der Waals surface area contributed by atoms with E-state index in [0.29, 0.717) is 5.70 Å². The maximum Gasteiger partial charge on any atom is 0.223 e. The molecule has 6 N–H and O–H groups in total. The highest BCUT2D eigenvalue weighted by atomic mass is 15.1. The molecule has 0 radical (unpaired) electrons. The Hall–Kier alpha value is -1.52. The standard InChI is InChI=1S/C6H13N5/c1-3-4(2)10-6(9)11-5(7)8/h2-3H2,1H3,(H6,7,8,9,10,11). The number of hydrogen-bond donors (Lipinski definition) is 3. The van der Waals surface area contributed by atoms with Crippen LogP contribution in [0, 0.1) is 0 Å². The average Bonchev–Trinajstić information content (AvgIpc) is 1.85. The van der Waals surface area contributed by atoms with E-state index in [-0.39, 0.29) is 11.9 Å². The highest BCUT2D eigenvalue weighted by Crippen LogP contribution is 1.96. The van der Waals surface area contributed by atoms with Crippen molar-refractivity contribution in [3.63, 3.8) is 0 Å². The Morgan fingerprint density at radius 2 is 1.82 bits per heavy atom. The van der Waals surface area contributed by atoms with Crippen LogP contribution < -0.4 is 17.2 Å². The van der Waals surface area contributed by atoms with Crippen LogP contribution in [0.2, 0.25) is 0 Å². The van der Waals surface area contributed by atoms with Crippen molar-refractivity contribution in [2.24, 2.45) is 27.2 Å². The van der Waals surface area contributed by atoms with Crippen molar-refractivity contribution < 1.29 is 0 Å². The van der Waals surface area contributed by atoms with Crippen LogP contribution in [0.15, 0.2) is 22.3 Å². The highest BCUT2D eigenvalue weighted by molar-refractivity contribution is 5.92. The Kier molecular flexibility index (Phi) is 3.72. The summed E-state index contributed by atoms with van der Waals surface area (Å²) in [5.41, 5.74) is 16.0. The Labute approximate surface area is 65.7 Å². The fourth-order valence-electron chi connectivity index (χ4n) is 0.398. The van der Waals surface area contributed by atoms with Gasteiger partial charge in [-0.1, -0.05) is 13.5 Å². The van der Waals surface area contributed by atoms with Crippen LogP contribution in [-0.2, 0) is 0 Å². The number of guanidine groups is 2. The first-order valence-electron chi connectivity index (χ1n) is 3.17. The van der Waals surface area contributed by atoms with Gasteiger partial charge in [-0.05, 0) is 6.42 Å². The van der Waals surface area contributed by atoms with Crippen LogP contribution in [-0.4, -0.2) is 11.9 Å². The number of nitrogens with two attached hydrogens (primary N) is 3. The average molecular weight is 155 g/mol. The molecule has 0 unspecified atom stereocenters. The Morgan fingerprint density at radius 3 is 2.18 bits per heavy atom. The van der Waals surface area contributed by atoms with Gasteiger partial charge in [0.2, 0.25) is 5.96 Å². The second-order valence-electron chi connectivity index (χ2n) is 1.93. The predicted molar refractivity (Wildman–Crippen MR) is 46.9 cm³/mol. The fraction of sp³-hybridized carbons (Fsp3) is 0.333. The van der Waals surface area contributed by atoms with Crippen molar-refractivity contribution in [3.05, 3.63) is 12.3 Å². The smallest absolute Gasteiger partial charge is 0.223 e. The van der Waals surface area contributed by atoms with Gasteiger partial charge in [0, 0.05) is 5.70 Å². The number of nitrogens with zero attached hydrogens (tertiary/aromatic N) is 2. The maximum absolute atomic E-state index is 5.29. The van der Waals surface area contributed by atoms with Crippen molar-refractivity contribution in [2.45, 2.75) is 13.3 Å². The van der Waals surface area contributed by atoms with Gasteiger partial charge in [-0.25, -0.2) is 4.99 Å². The van der Waals surface area contributed by atoms with E-state index in [1.807, 2.05) is 6.92 Å². The topological polar surface area (TPSA) is 103 Å². The molecule has 11 heavy (non-hydrogen) atoms. The van der Waals surface area contributed by atoms with Crippen molar-refractivity contribution >= 4 is 11.9 Å². The molecule has 0 aliphatic carbocycles. The molecule has 5 nitrogen and oxygen atoms in total. The zero-order chi connectivity index (χ0) is 8.85. The van der Waals surface area contributed by atoms with Crippen LogP contribution in [0.5, 0.6) is 0 Å². The molecule has 0 aromatic rings. The van der Waals surface area contributed by atoms with Crippen LogP contribution in [0.3, 0.4) is 0 Å². The molecular formula is C6H13N5. The molecule has 0 aromatic carbocycles. The van der Waals surface area contributed by atoms with Gasteiger partial charge in [-0.2, -0.15) is 4.99 Å². The predicted octanol–water partition coefficient (Wildman–Crippen LogP) is -0.502. The van der Waals surface area contributed by atoms with Crippen LogP contribution in [0.25, 0.3) is 0 Å². The molecule has 0 saturated heterocycles. The third-order valence-corrected chi connectivity index (χ3v) is 0.924. The first-order chi connectivity index (χ1) is 5.06. The lowest BCUT2D eigenvalue weighted by molar-refractivity contribution is 1.07. The monoisotopic (exact) mass is 155 g/mol. The lowest BCUT2D eigenvalue weighted by Gasteiger charge is -1.94. The summed E-state index contributed by atoms with van der Waals surface area (Å²) in [6.07, 6.45) is 0.723. The molecule has 0 aromatic heterocycles. The van der Waals surface area contributed by atoms with Gasteiger partial charge < -0.3 is 17.2 Å². The number of allylic oxidation sites excluding steroid dienone is 1. The van der Waals surface area contributed by atoms with E-state index in [1.165, 1.54) is 0 Å². The molecule has 0 atom stereocenters. The van der Waals surface area contributed by atoms with Crippen LogP contribution >= 0.6 is 0 Å². The van der Waals surface area contributed by atoms with Crippen molar-refractivity contribution in [2.75, 3.05) is 0 Å². The molecule has 5 heteroatoms. The van der Waals surface area contributed by atoms with Crippen molar-refractivity contribution in [3.8, 4) is 0 Å². The van der Waals surface area contributed by atoms with E-state index in [4.69, 9.17) is 17.2 Å². The molecule has 62 valence electrons. The summed E-state index contributed by atoms with van der Waals surface area (Å²) < 4.78 is 0. The Morgan fingerprint density at radius 1 is 1.27 bits per heavy atom. The number of aliphatic imine (C=N–C) groups is 2. The molecule has 0 aliphatic rings. The van der Waals surface area contributed by atoms with E-state index in [1.54, 1.807) is 0 Å². The highest BCUT2D eigenvalue weighted by Gasteiger charge is 1.89. The quantitative estimate of drug-likeness (QED) is 0.370. The Bertz CT molecular complexity index is 199. The Balaban J connectivity index is 4.23. The largest absolute Gasteiger partial charge is 0.370 e. The molecule has 0 rings (SSSR count). The molecule has 0 amide bonds. The summed E-state index contributed by atoms with van der Waals surface area (Å²) in [4.78, 5) is 7.29.